The number of carbonyl (C=O) groups is 1. The molecule has 0 fully saturated rings. The number of hydrogen-bond acceptors (Lipinski definition) is 2. The van der Waals surface area contributed by atoms with E-state index >= 15 is 0 Å². The molecule has 4 aromatic rings. The van der Waals surface area contributed by atoms with Gasteiger partial charge in [-0.15, -0.1) is 0 Å². The van der Waals surface area contributed by atoms with E-state index in [1.54, 1.807) is 24.3 Å². The normalized spacial score (nSPS) is 11.0. The van der Waals surface area contributed by atoms with Gasteiger partial charge in [0.05, 0.1) is 16.5 Å². The van der Waals surface area contributed by atoms with Crippen molar-refractivity contribution in [3.05, 3.63) is 87.0 Å². The number of anilines is 1. The lowest BCUT2D eigenvalue weighted by Crippen LogP contribution is -2.16. The van der Waals surface area contributed by atoms with Gasteiger partial charge >= 0.3 is 0 Å². The van der Waals surface area contributed by atoms with Crippen LogP contribution in [0.15, 0.2) is 60.8 Å². The van der Waals surface area contributed by atoms with Crippen LogP contribution in [0.4, 0.5) is 5.82 Å². The highest BCUT2D eigenvalue weighted by atomic mass is 35.5. The Balaban J connectivity index is 1.75. The Morgan fingerprint density at radius 3 is 2.52 bits per heavy atom. The number of pyridine rings is 1. The zero-order valence-electron chi connectivity index (χ0n) is 15.4. The number of nitrogens with zero attached hydrogens (tertiary/aromatic N) is 2. The van der Waals surface area contributed by atoms with Gasteiger partial charge in [0.25, 0.3) is 0 Å². The molecule has 0 spiro atoms. The molecule has 7 heteroatoms. The third-order valence-corrected chi connectivity index (χ3v) is 5.56. The zero-order chi connectivity index (χ0) is 20.5. The molecule has 0 saturated heterocycles. The van der Waals surface area contributed by atoms with E-state index in [0.29, 0.717) is 26.6 Å². The summed E-state index contributed by atoms with van der Waals surface area (Å²) in [6, 6.07) is 16.4. The lowest BCUT2D eigenvalue weighted by atomic mass is 10.1. The number of benzene rings is 2. The van der Waals surface area contributed by atoms with Gasteiger partial charge in [-0.3, -0.25) is 9.20 Å². The summed E-state index contributed by atoms with van der Waals surface area (Å²) in [5.74, 6) is 0.429. The molecule has 0 aliphatic carbocycles. The number of imidazole rings is 1. The molecular weight excluding hydrogens is 429 g/mol. The zero-order valence-corrected chi connectivity index (χ0v) is 17.7. The van der Waals surface area contributed by atoms with E-state index in [9.17, 15) is 4.79 Å². The number of aryl methyl sites for hydroxylation is 1. The number of aromatic nitrogens is 2. The van der Waals surface area contributed by atoms with Crippen LogP contribution in [0.2, 0.25) is 15.1 Å². The minimum absolute atomic E-state index is 0.156. The molecule has 0 unspecified atom stereocenters. The van der Waals surface area contributed by atoms with Crippen molar-refractivity contribution < 1.29 is 4.79 Å². The number of rotatable bonds is 4. The molecule has 0 aliphatic rings. The molecule has 0 atom stereocenters. The Hall–Kier alpha value is -2.53. The van der Waals surface area contributed by atoms with E-state index in [1.165, 1.54) is 0 Å². The van der Waals surface area contributed by atoms with Crippen LogP contribution in [0.5, 0.6) is 0 Å². The first-order valence-electron chi connectivity index (χ1n) is 8.90. The molecule has 2 aromatic heterocycles. The van der Waals surface area contributed by atoms with E-state index in [1.807, 2.05) is 47.9 Å². The number of carbonyl (C=O) groups excluding carboxylic acids is 1. The molecule has 146 valence electrons. The van der Waals surface area contributed by atoms with Crippen LogP contribution in [0.25, 0.3) is 16.9 Å². The van der Waals surface area contributed by atoms with Crippen molar-refractivity contribution in [2.45, 2.75) is 13.3 Å². The molecule has 29 heavy (non-hydrogen) atoms. The molecule has 2 heterocycles. The van der Waals surface area contributed by atoms with Crippen molar-refractivity contribution in [3.63, 3.8) is 0 Å². The average Bonchev–Trinajstić information content (AvgIpc) is 3.06. The van der Waals surface area contributed by atoms with Crippen molar-refractivity contribution in [1.29, 1.82) is 0 Å². The smallest absolute Gasteiger partial charge is 0.229 e. The number of halogens is 3. The number of fused-ring (bicyclic) bond motifs is 1. The largest absolute Gasteiger partial charge is 0.310 e. The molecule has 0 saturated carbocycles. The Kier molecular flexibility index (Phi) is 5.50. The maximum absolute atomic E-state index is 12.8. The second kappa shape index (κ2) is 8.07. The van der Waals surface area contributed by atoms with Crippen LogP contribution < -0.4 is 5.32 Å². The summed E-state index contributed by atoms with van der Waals surface area (Å²) in [6.07, 6.45) is 2.09. The van der Waals surface area contributed by atoms with Gasteiger partial charge in [-0.2, -0.15) is 0 Å². The van der Waals surface area contributed by atoms with Crippen molar-refractivity contribution in [3.8, 4) is 11.3 Å². The van der Waals surface area contributed by atoms with E-state index in [4.69, 9.17) is 39.8 Å². The van der Waals surface area contributed by atoms with Gasteiger partial charge < -0.3 is 5.32 Å². The van der Waals surface area contributed by atoms with E-state index in [-0.39, 0.29) is 12.3 Å². The fourth-order valence-corrected chi connectivity index (χ4v) is 3.56. The Morgan fingerprint density at radius 1 is 1.03 bits per heavy atom. The van der Waals surface area contributed by atoms with Gasteiger partial charge in [-0.1, -0.05) is 59.1 Å². The topological polar surface area (TPSA) is 46.4 Å². The molecule has 1 amide bonds. The summed E-state index contributed by atoms with van der Waals surface area (Å²) in [4.78, 5) is 17.5. The van der Waals surface area contributed by atoms with Gasteiger partial charge in [0.2, 0.25) is 5.91 Å². The van der Waals surface area contributed by atoms with E-state index in [0.717, 1.165) is 22.3 Å². The lowest BCUT2D eigenvalue weighted by Gasteiger charge is -2.09. The van der Waals surface area contributed by atoms with Crippen molar-refractivity contribution in [2.75, 3.05) is 5.32 Å². The second-order valence-corrected chi connectivity index (χ2v) is 7.92. The molecule has 0 bridgehead atoms. The predicted molar refractivity (Wildman–Crippen MR) is 119 cm³/mol. The monoisotopic (exact) mass is 443 g/mol. The van der Waals surface area contributed by atoms with Crippen molar-refractivity contribution in [1.82, 2.24) is 9.38 Å². The van der Waals surface area contributed by atoms with Gasteiger partial charge in [-0.05, 0) is 48.4 Å². The minimum atomic E-state index is -0.156. The van der Waals surface area contributed by atoms with Gasteiger partial charge in [-0.25, -0.2) is 4.98 Å². The molecule has 2 aromatic carbocycles. The Bertz CT molecular complexity index is 1220. The van der Waals surface area contributed by atoms with Crippen LogP contribution >= 0.6 is 34.8 Å². The van der Waals surface area contributed by atoms with E-state index < -0.39 is 0 Å². The predicted octanol–water partition coefficient (Wildman–Crippen LogP) is 6.45. The van der Waals surface area contributed by atoms with Crippen LogP contribution in [0.1, 0.15) is 11.1 Å². The Morgan fingerprint density at radius 2 is 1.79 bits per heavy atom. The highest BCUT2D eigenvalue weighted by Crippen LogP contribution is 2.33. The summed E-state index contributed by atoms with van der Waals surface area (Å²) >= 11 is 18.2. The van der Waals surface area contributed by atoms with Crippen LogP contribution in [-0.4, -0.2) is 15.3 Å². The van der Waals surface area contributed by atoms with Crippen LogP contribution in [0.3, 0.4) is 0 Å². The van der Waals surface area contributed by atoms with Crippen LogP contribution in [-0.2, 0) is 11.2 Å². The number of nitrogens with one attached hydrogen (secondary N) is 1. The first kappa shape index (κ1) is 19.8. The average molecular weight is 445 g/mol. The fourth-order valence-electron chi connectivity index (χ4n) is 3.13. The molecule has 4 rings (SSSR count). The minimum Gasteiger partial charge on any atom is -0.310 e. The molecule has 4 nitrogen and oxygen atoms in total. The fraction of sp³-hybridized carbons (Fsp3) is 0.0909. The van der Waals surface area contributed by atoms with Crippen LogP contribution in [0, 0.1) is 6.92 Å². The first-order chi connectivity index (χ1) is 13.9. The highest BCUT2D eigenvalue weighted by molar-refractivity contribution is 6.42. The summed E-state index contributed by atoms with van der Waals surface area (Å²) in [6.45, 7) is 1.97. The third kappa shape index (κ3) is 4.10. The molecular formula is C22H16Cl3N3O. The highest BCUT2D eigenvalue weighted by Gasteiger charge is 2.18. The number of hydrogen-bond donors (Lipinski definition) is 1. The lowest BCUT2D eigenvalue weighted by molar-refractivity contribution is -0.115. The summed E-state index contributed by atoms with van der Waals surface area (Å²) in [5, 5.41) is 4.53. The number of amides is 1. The van der Waals surface area contributed by atoms with Crippen molar-refractivity contribution in [2.24, 2.45) is 0 Å². The van der Waals surface area contributed by atoms with Crippen molar-refractivity contribution >= 4 is 52.2 Å². The molecule has 0 aliphatic heterocycles. The van der Waals surface area contributed by atoms with E-state index in [2.05, 4.69) is 5.32 Å². The standard InChI is InChI=1S/C22H16Cl3N3O/c1-13-3-2-10-28-21(13)27-20(15-6-9-17(24)18(25)12-15)22(28)26-19(29)11-14-4-7-16(23)8-5-14/h2-10,12H,11H2,1H3,(H,26,29). The first-order valence-corrected chi connectivity index (χ1v) is 10.0. The maximum Gasteiger partial charge on any atom is 0.229 e. The van der Waals surface area contributed by atoms with Gasteiger partial charge in [0.15, 0.2) is 0 Å². The van der Waals surface area contributed by atoms with Gasteiger partial charge in [0.1, 0.15) is 17.2 Å². The second-order valence-electron chi connectivity index (χ2n) is 6.67. The summed E-state index contributed by atoms with van der Waals surface area (Å²) in [7, 11) is 0. The maximum atomic E-state index is 12.8. The quantitative estimate of drug-likeness (QED) is 0.393. The van der Waals surface area contributed by atoms with Gasteiger partial charge in [0, 0.05) is 16.8 Å². The third-order valence-electron chi connectivity index (χ3n) is 4.57. The molecule has 1 N–H and O–H groups in total. The summed E-state index contributed by atoms with van der Waals surface area (Å²) in [5.41, 5.74) is 4.02. The summed E-state index contributed by atoms with van der Waals surface area (Å²) < 4.78 is 1.87. The Labute approximate surface area is 183 Å². The SMILES string of the molecule is Cc1cccn2c(NC(=O)Cc3ccc(Cl)cc3)c(-c3ccc(Cl)c(Cl)c3)nc12. The molecule has 0 radical (unpaired) electrons.